The van der Waals surface area contributed by atoms with Gasteiger partial charge < -0.3 is 31.3 Å². The highest BCUT2D eigenvalue weighted by Gasteiger charge is 2.60. The Morgan fingerprint density at radius 1 is 1.37 bits per heavy atom. The van der Waals surface area contributed by atoms with Gasteiger partial charge in [-0.2, -0.15) is 0 Å². The molecule has 0 radical (unpaired) electrons. The van der Waals surface area contributed by atoms with Gasteiger partial charge in [-0.15, -0.1) is 16.9 Å². The second-order valence-electron chi connectivity index (χ2n) is 10.5. The lowest BCUT2D eigenvalue weighted by Gasteiger charge is -2.47. The van der Waals surface area contributed by atoms with E-state index in [1.165, 1.54) is 27.7 Å². The molecule has 0 saturated carbocycles. The quantitative estimate of drug-likeness (QED) is 0.256. The van der Waals surface area contributed by atoms with Gasteiger partial charge in [0.2, 0.25) is 17.7 Å². The standard InChI is InChI=1S/C23H33N9O5S/c1-11-18-17(12(2)27-16(33)9-31-10-26-28-29-31)22(35)32(18)19(23(36)37)20(11)38-14-5-15(25-7-14)21(34)30-4-3-13(6-24)8-30/h10-15,17-18,25H,3-9,24H2,1-2H3,(H,27,33)(H,36,37)/t11-,12?,13+,14+,15+,17-,18-/m1/s1. The first-order valence-corrected chi connectivity index (χ1v) is 13.8. The summed E-state index contributed by atoms with van der Waals surface area (Å²) in [7, 11) is 0. The molecular formula is C23H33N9O5S. The van der Waals surface area contributed by atoms with Gasteiger partial charge in [-0.05, 0) is 42.7 Å². The van der Waals surface area contributed by atoms with E-state index in [1.54, 1.807) is 6.92 Å². The van der Waals surface area contributed by atoms with E-state index in [2.05, 4.69) is 26.2 Å². The van der Waals surface area contributed by atoms with Crippen molar-refractivity contribution >= 4 is 35.5 Å². The van der Waals surface area contributed by atoms with Crippen molar-refractivity contribution in [3.05, 3.63) is 16.9 Å². The average molecular weight is 548 g/mol. The number of thioether (sulfide) groups is 1. The number of nitrogens with two attached hydrogens (primary N) is 1. The summed E-state index contributed by atoms with van der Waals surface area (Å²) in [6, 6.07) is -1.16. The van der Waals surface area contributed by atoms with Crippen LogP contribution in [0.1, 0.15) is 26.7 Å². The molecule has 0 aliphatic carbocycles. The van der Waals surface area contributed by atoms with Crippen LogP contribution in [0.15, 0.2) is 16.9 Å². The Bertz CT molecular complexity index is 1140. The Labute approximate surface area is 223 Å². The molecule has 38 heavy (non-hydrogen) atoms. The largest absolute Gasteiger partial charge is 0.477 e. The number of fused-ring (bicyclic) bond motifs is 1. The first-order chi connectivity index (χ1) is 18.2. The molecule has 14 nitrogen and oxygen atoms in total. The van der Waals surface area contributed by atoms with Crippen molar-refractivity contribution in [3.63, 3.8) is 0 Å². The molecule has 4 aliphatic heterocycles. The Morgan fingerprint density at radius 2 is 2.16 bits per heavy atom. The van der Waals surface area contributed by atoms with Gasteiger partial charge in [-0.1, -0.05) is 6.92 Å². The van der Waals surface area contributed by atoms with E-state index in [0.29, 0.717) is 43.4 Å². The highest BCUT2D eigenvalue weighted by molar-refractivity contribution is 8.03. The van der Waals surface area contributed by atoms with Crippen LogP contribution >= 0.6 is 11.8 Å². The maximum Gasteiger partial charge on any atom is 0.353 e. The Morgan fingerprint density at radius 3 is 2.82 bits per heavy atom. The topological polar surface area (TPSA) is 189 Å². The zero-order chi connectivity index (χ0) is 27.1. The molecule has 4 aliphatic rings. The molecule has 5 N–H and O–H groups in total. The number of tetrazole rings is 1. The maximum atomic E-state index is 13.1. The number of aromatic nitrogens is 4. The molecule has 1 aromatic rings. The van der Waals surface area contributed by atoms with E-state index in [-0.39, 0.29) is 53.2 Å². The van der Waals surface area contributed by atoms with Crippen LogP contribution in [0.25, 0.3) is 0 Å². The van der Waals surface area contributed by atoms with E-state index in [1.807, 2.05) is 11.8 Å². The van der Waals surface area contributed by atoms with Gasteiger partial charge in [-0.3, -0.25) is 14.4 Å². The normalized spacial score (nSPS) is 31.4. The number of β-lactam (4-membered cyclic amide) rings is 1. The smallest absolute Gasteiger partial charge is 0.353 e. The lowest BCUT2D eigenvalue weighted by molar-refractivity contribution is -0.158. The summed E-state index contributed by atoms with van der Waals surface area (Å²) in [5.41, 5.74) is 5.78. The molecule has 0 bridgehead atoms. The average Bonchev–Trinajstić information content (AvgIpc) is 3.67. The van der Waals surface area contributed by atoms with Gasteiger partial charge >= 0.3 is 5.97 Å². The fourth-order valence-electron chi connectivity index (χ4n) is 6.09. The molecule has 206 valence electrons. The van der Waals surface area contributed by atoms with Crippen molar-refractivity contribution in [1.82, 2.24) is 40.6 Å². The highest BCUT2D eigenvalue weighted by Crippen LogP contribution is 2.51. The Hall–Kier alpha value is -3.04. The van der Waals surface area contributed by atoms with Crippen LogP contribution in [0, 0.1) is 17.8 Å². The number of hydrogen-bond donors (Lipinski definition) is 4. The monoisotopic (exact) mass is 547 g/mol. The fraction of sp³-hybridized carbons (Fsp3) is 0.696. The van der Waals surface area contributed by atoms with Gasteiger partial charge in [0.05, 0.1) is 18.0 Å². The number of amides is 3. The molecule has 5 rings (SSSR count). The minimum atomic E-state index is -1.15. The number of carbonyl (C=O) groups excluding carboxylic acids is 3. The highest BCUT2D eigenvalue weighted by atomic mass is 32.2. The van der Waals surface area contributed by atoms with Crippen LogP contribution in [0.4, 0.5) is 0 Å². The molecule has 1 unspecified atom stereocenters. The number of hydrogen-bond acceptors (Lipinski definition) is 10. The third-order valence-electron chi connectivity index (χ3n) is 8.03. The minimum Gasteiger partial charge on any atom is -0.477 e. The molecule has 15 heteroatoms. The van der Waals surface area contributed by atoms with Gasteiger partial charge in [0.1, 0.15) is 18.6 Å². The minimum absolute atomic E-state index is 0.00401. The van der Waals surface area contributed by atoms with Crippen molar-refractivity contribution in [2.45, 2.75) is 56.6 Å². The second-order valence-corrected chi connectivity index (χ2v) is 11.8. The number of rotatable bonds is 9. The number of nitrogens with one attached hydrogen (secondary N) is 2. The number of nitrogens with zero attached hydrogens (tertiary/aromatic N) is 6. The third-order valence-corrected chi connectivity index (χ3v) is 9.54. The Balaban J connectivity index is 1.22. The van der Waals surface area contributed by atoms with Gasteiger partial charge in [-0.25, -0.2) is 9.48 Å². The van der Waals surface area contributed by atoms with E-state index >= 15 is 0 Å². The number of carboxylic acids is 1. The van der Waals surface area contributed by atoms with Gasteiger partial charge in [0.15, 0.2) is 0 Å². The zero-order valence-electron chi connectivity index (χ0n) is 21.3. The van der Waals surface area contributed by atoms with E-state index in [0.717, 1.165) is 6.42 Å². The number of aliphatic carboxylic acids is 1. The van der Waals surface area contributed by atoms with Crippen molar-refractivity contribution in [2.75, 3.05) is 26.2 Å². The van der Waals surface area contributed by atoms with Crippen LogP contribution in [0.3, 0.4) is 0 Å². The molecule has 3 fully saturated rings. The number of carbonyl (C=O) groups is 4. The molecule has 0 aromatic carbocycles. The van der Waals surface area contributed by atoms with E-state index < -0.39 is 17.9 Å². The van der Waals surface area contributed by atoms with Crippen molar-refractivity contribution in [3.8, 4) is 0 Å². The van der Waals surface area contributed by atoms with Crippen LogP contribution < -0.4 is 16.4 Å². The summed E-state index contributed by atoms with van der Waals surface area (Å²) >= 11 is 1.45. The molecule has 0 spiro atoms. The van der Waals surface area contributed by atoms with Gasteiger partial charge in [0, 0.05) is 41.7 Å². The predicted octanol–water partition coefficient (Wildman–Crippen LogP) is -1.78. The summed E-state index contributed by atoms with van der Waals surface area (Å²) in [5, 5.41) is 26.8. The van der Waals surface area contributed by atoms with Gasteiger partial charge in [0.25, 0.3) is 0 Å². The molecule has 7 atom stereocenters. The van der Waals surface area contributed by atoms with Crippen molar-refractivity contribution < 1.29 is 24.3 Å². The van der Waals surface area contributed by atoms with Crippen molar-refractivity contribution in [2.24, 2.45) is 23.5 Å². The number of likely N-dealkylation sites (tertiary alicyclic amines) is 1. The second kappa shape index (κ2) is 10.6. The van der Waals surface area contributed by atoms with E-state index in [9.17, 15) is 24.3 Å². The summed E-state index contributed by atoms with van der Waals surface area (Å²) < 4.78 is 1.28. The van der Waals surface area contributed by atoms with Crippen LogP contribution in [0.5, 0.6) is 0 Å². The van der Waals surface area contributed by atoms with Crippen LogP contribution in [0.2, 0.25) is 0 Å². The first-order valence-electron chi connectivity index (χ1n) is 12.9. The predicted molar refractivity (Wildman–Crippen MR) is 135 cm³/mol. The van der Waals surface area contributed by atoms with Crippen LogP contribution in [-0.4, -0.2) is 108 Å². The van der Waals surface area contributed by atoms with Crippen LogP contribution in [-0.2, 0) is 25.7 Å². The summed E-state index contributed by atoms with van der Waals surface area (Å²) in [5.74, 6) is -2.15. The third kappa shape index (κ3) is 4.78. The van der Waals surface area contributed by atoms with Crippen molar-refractivity contribution in [1.29, 1.82) is 0 Å². The molecule has 3 amide bonds. The molecule has 1 aromatic heterocycles. The summed E-state index contributed by atoms with van der Waals surface area (Å²) in [6.07, 6.45) is 2.83. The number of carboxylic acid groups (broad SMARTS) is 1. The Kier molecular flexibility index (Phi) is 7.42. The van der Waals surface area contributed by atoms with E-state index in [4.69, 9.17) is 5.73 Å². The summed E-state index contributed by atoms with van der Waals surface area (Å²) in [6.45, 7) is 6.13. The lowest BCUT2D eigenvalue weighted by atomic mass is 9.78. The summed E-state index contributed by atoms with van der Waals surface area (Å²) in [4.78, 5) is 54.7. The SMILES string of the molecule is CC(NC(=O)Cn1cnnn1)[C@H]1C(=O)N2C(C(=O)O)=C(S[C@@H]3CN[C@H](C(=O)N4CC[C@@H](CN)C4)C3)[C@H](C)[C@H]12. The maximum absolute atomic E-state index is 13.1. The molecular weight excluding hydrogens is 514 g/mol. The molecule has 3 saturated heterocycles. The fourth-order valence-corrected chi connectivity index (χ4v) is 7.57. The molecule has 5 heterocycles. The zero-order valence-corrected chi connectivity index (χ0v) is 22.1. The first kappa shape index (κ1) is 26.6. The lowest BCUT2D eigenvalue weighted by Crippen LogP contribution is -2.66.